The summed E-state index contributed by atoms with van der Waals surface area (Å²) in [6.45, 7) is 7.49. The molecule has 1 aromatic carbocycles. The summed E-state index contributed by atoms with van der Waals surface area (Å²) >= 11 is 0. The number of benzene rings is 1. The van der Waals surface area contributed by atoms with Gasteiger partial charge in [-0.15, -0.1) is 0 Å². The fourth-order valence-electron chi connectivity index (χ4n) is 2.18. The highest BCUT2D eigenvalue weighted by Gasteiger charge is 2.13. The molecule has 0 aliphatic rings. The first-order chi connectivity index (χ1) is 9.24. The van der Waals surface area contributed by atoms with Crippen LogP contribution in [-0.4, -0.2) is 6.54 Å². The third-order valence-electron chi connectivity index (χ3n) is 3.36. The van der Waals surface area contributed by atoms with Crippen LogP contribution in [0.4, 0.5) is 0 Å². The first-order valence-electron chi connectivity index (χ1n) is 7.14. The highest BCUT2D eigenvalue weighted by molar-refractivity contribution is 5.58. The first-order valence-corrected chi connectivity index (χ1v) is 7.14. The smallest absolute Gasteiger partial charge is 0.134 e. The summed E-state index contributed by atoms with van der Waals surface area (Å²) in [7, 11) is 0. The van der Waals surface area contributed by atoms with Crippen molar-refractivity contribution in [1.29, 1.82) is 0 Å². The molecule has 0 spiro atoms. The molecule has 0 saturated carbocycles. The van der Waals surface area contributed by atoms with E-state index in [1.54, 1.807) is 0 Å². The van der Waals surface area contributed by atoms with Gasteiger partial charge in [-0.3, -0.25) is 0 Å². The molecule has 2 heteroatoms. The van der Waals surface area contributed by atoms with Gasteiger partial charge in [-0.05, 0) is 38.4 Å². The fraction of sp³-hybridized carbons (Fsp3) is 0.412. The monoisotopic (exact) mass is 257 g/mol. The van der Waals surface area contributed by atoms with Crippen molar-refractivity contribution in [3.8, 4) is 11.3 Å². The van der Waals surface area contributed by atoms with Crippen molar-refractivity contribution < 1.29 is 4.42 Å². The molecule has 1 aromatic heterocycles. The van der Waals surface area contributed by atoms with Gasteiger partial charge < -0.3 is 9.73 Å². The maximum Gasteiger partial charge on any atom is 0.134 e. The summed E-state index contributed by atoms with van der Waals surface area (Å²) in [5.74, 6) is 1.98. The van der Waals surface area contributed by atoms with Gasteiger partial charge in [0, 0.05) is 5.56 Å². The minimum atomic E-state index is 0.319. The first kappa shape index (κ1) is 13.9. The second-order valence-electron chi connectivity index (χ2n) is 4.98. The number of hydrogen-bond acceptors (Lipinski definition) is 2. The van der Waals surface area contributed by atoms with E-state index in [1.807, 2.05) is 0 Å². The number of nitrogens with one attached hydrogen (secondary N) is 1. The Balaban J connectivity index is 2.15. The Hall–Kier alpha value is -1.54. The number of hydrogen-bond donors (Lipinski definition) is 1. The zero-order chi connectivity index (χ0) is 13.7. The molecule has 0 aliphatic heterocycles. The van der Waals surface area contributed by atoms with Gasteiger partial charge in [-0.25, -0.2) is 0 Å². The van der Waals surface area contributed by atoms with Crippen LogP contribution in [0.25, 0.3) is 11.3 Å². The molecular formula is C17H23NO. The highest BCUT2D eigenvalue weighted by Crippen LogP contribution is 2.26. The van der Waals surface area contributed by atoms with Crippen LogP contribution in [-0.2, 0) is 0 Å². The van der Waals surface area contributed by atoms with E-state index in [0.717, 1.165) is 36.5 Å². The third kappa shape index (κ3) is 3.48. The number of furan rings is 1. The summed E-state index contributed by atoms with van der Waals surface area (Å²) in [4.78, 5) is 0. The summed E-state index contributed by atoms with van der Waals surface area (Å²) in [5.41, 5.74) is 2.41. The van der Waals surface area contributed by atoms with Gasteiger partial charge >= 0.3 is 0 Å². The Bertz CT molecular complexity index is 498. The molecule has 0 radical (unpaired) electrons. The van der Waals surface area contributed by atoms with E-state index < -0.39 is 0 Å². The van der Waals surface area contributed by atoms with Gasteiger partial charge in [-0.1, -0.05) is 43.7 Å². The Kier molecular flexibility index (Phi) is 4.80. The Morgan fingerprint density at radius 2 is 1.79 bits per heavy atom. The SMILES string of the molecule is CCCNC(CC)c1ccc(-c2ccc(C)cc2)o1. The summed E-state index contributed by atoms with van der Waals surface area (Å²) in [6, 6.07) is 12.9. The maximum atomic E-state index is 6.00. The van der Waals surface area contributed by atoms with Gasteiger partial charge in [0.2, 0.25) is 0 Å². The molecule has 0 bridgehead atoms. The van der Waals surface area contributed by atoms with Gasteiger partial charge in [0.05, 0.1) is 6.04 Å². The van der Waals surface area contributed by atoms with Gasteiger partial charge in [-0.2, -0.15) is 0 Å². The van der Waals surface area contributed by atoms with E-state index in [0.29, 0.717) is 6.04 Å². The van der Waals surface area contributed by atoms with E-state index in [-0.39, 0.29) is 0 Å². The lowest BCUT2D eigenvalue weighted by atomic mass is 10.1. The van der Waals surface area contributed by atoms with Crippen LogP contribution in [0, 0.1) is 6.92 Å². The Labute approximate surface area is 115 Å². The standard InChI is InChI=1S/C17H23NO/c1-4-12-18-15(5-2)17-11-10-16(19-17)14-8-6-13(3)7-9-14/h6-11,15,18H,4-5,12H2,1-3H3. The van der Waals surface area contributed by atoms with Crippen LogP contribution in [0.2, 0.25) is 0 Å². The van der Waals surface area contributed by atoms with Crippen molar-refractivity contribution >= 4 is 0 Å². The minimum Gasteiger partial charge on any atom is -0.459 e. The Morgan fingerprint density at radius 3 is 2.42 bits per heavy atom. The predicted molar refractivity (Wildman–Crippen MR) is 80.2 cm³/mol. The fourth-order valence-corrected chi connectivity index (χ4v) is 2.18. The van der Waals surface area contributed by atoms with Crippen molar-refractivity contribution in [3.05, 3.63) is 47.7 Å². The van der Waals surface area contributed by atoms with Crippen LogP contribution in [0.1, 0.15) is 44.1 Å². The lowest BCUT2D eigenvalue weighted by Crippen LogP contribution is -2.20. The van der Waals surface area contributed by atoms with Crippen molar-refractivity contribution in [3.63, 3.8) is 0 Å². The van der Waals surface area contributed by atoms with Crippen molar-refractivity contribution in [2.45, 2.75) is 39.7 Å². The van der Waals surface area contributed by atoms with E-state index in [2.05, 4.69) is 62.5 Å². The molecular weight excluding hydrogens is 234 g/mol. The highest BCUT2D eigenvalue weighted by atomic mass is 16.3. The lowest BCUT2D eigenvalue weighted by molar-refractivity contribution is 0.411. The second-order valence-corrected chi connectivity index (χ2v) is 4.98. The molecule has 1 N–H and O–H groups in total. The number of rotatable bonds is 6. The zero-order valence-electron chi connectivity index (χ0n) is 12.1. The average Bonchev–Trinajstić information content (AvgIpc) is 2.90. The maximum absolute atomic E-state index is 6.00. The van der Waals surface area contributed by atoms with E-state index in [4.69, 9.17) is 4.42 Å². The summed E-state index contributed by atoms with van der Waals surface area (Å²) < 4.78 is 6.00. The summed E-state index contributed by atoms with van der Waals surface area (Å²) in [6.07, 6.45) is 2.18. The van der Waals surface area contributed by atoms with Crippen molar-refractivity contribution in [2.24, 2.45) is 0 Å². The molecule has 102 valence electrons. The third-order valence-corrected chi connectivity index (χ3v) is 3.36. The van der Waals surface area contributed by atoms with Gasteiger partial charge in [0.15, 0.2) is 0 Å². The van der Waals surface area contributed by atoms with Crippen LogP contribution >= 0.6 is 0 Å². The molecule has 0 saturated heterocycles. The van der Waals surface area contributed by atoms with E-state index in [1.165, 1.54) is 5.56 Å². The molecule has 1 unspecified atom stereocenters. The predicted octanol–water partition coefficient (Wildman–Crippen LogP) is 4.71. The molecule has 0 aliphatic carbocycles. The van der Waals surface area contributed by atoms with Crippen LogP contribution in [0.5, 0.6) is 0 Å². The molecule has 2 rings (SSSR count). The van der Waals surface area contributed by atoms with E-state index >= 15 is 0 Å². The quantitative estimate of drug-likeness (QED) is 0.811. The van der Waals surface area contributed by atoms with Crippen LogP contribution in [0.15, 0.2) is 40.8 Å². The minimum absolute atomic E-state index is 0.319. The van der Waals surface area contributed by atoms with Gasteiger partial charge in [0.25, 0.3) is 0 Å². The summed E-state index contributed by atoms with van der Waals surface area (Å²) in [5, 5.41) is 3.52. The van der Waals surface area contributed by atoms with Gasteiger partial charge in [0.1, 0.15) is 11.5 Å². The Morgan fingerprint density at radius 1 is 1.05 bits per heavy atom. The number of aryl methyl sites for hydroxylation is 1. The topological polar surface area (TPSA) is 25.2 Å². The van der Waals surface area contributed by atoms with E-state index in [9.17, 15) is 0 Å². The molecule has 0 fully saturated rings. The molecule has 0 amide bonds. The largest absolute Gasteiger partial charge is 0.459 e. The molecule has 2 nitrogen and oxygen atoms in total. The normalized spacial score (nSPS) is 12.6. The molecule has 2 aromatic rings. The van der Waals surface area contributed by atoms with Crippen LogP contribution < -0.4 is 5.32 Å². The molecule has 19 heavy (non-hydrogen) atoms. The lowest BCUT2D eigenvalue weighted by Gasteiger charge is -2.13. The van der Waals surface area contributed by atoms with Crippen molar-refractivity contribution in [1.82, 2.24) is 5.32 Å². The zero-order valence-corrected chi connectivity index (χ0v) is 12.1. The van der Waals surface area contributed by atoms with Crippen molar-refractivity contribution in [2.75, 3.05) is 6.54 Å². The molecule has 1 atom stereocenters. The second kappa shape index (κ2) is 6.58. The van der Waals surface area contributed by atoms with Crippen LogP contribution in [0.3, 0.4) is 0 Å². The average molecular weight is 257 g/mol. The molecule has 1 heterocycles.